The number of likely N-dealkylation sites (tertiary alicyclic amines) is 1. The number of ether oxygens (including phenoxy) is 3. The van der Waals surface area contributed by atoms with Gasteiger partial charge < -0.3 is 29.7 Å². The molecule has 170 valence electrons. The minimum atomic E-state index is 0.0990. The van der Waals surface area contributed by atoms with Crippen molar-refractivity contribution in [1.82, 2.24) is 15.5 Å². The second-order valence-electron chi connectivity index (χ2n) is 7.67. The van der Waals surface area contributed by atoms with Crippen molar-refractivity contribution in [3.63, 3.8) is 0 Å². The minimum absolute atomic E-state index is 0.0990. The summed E-state index contributed by atoms with van der Waals surface area (Å²) in [7, 11) is 3.58. The van der Waals surface area contributed by atoms with Crippen molar-refractivity contribution in [3.8, 4) is 11.5 Å². The second-order valence-corrected chi connectivity index (χ2v) is 7.67. The molecule has 0 bridgehead atoms. The maximum absolute atomic E-state index is 5.76. The molecule has 2 rings (SSSR count). The van der Waals surface area contributed by atoms with Crippen molar-refractivity contribution in [3.05, 3.63) is 23.8 Å². The third-order valence-electron chi connectivity index (χ3n) is 5.52. The molecule has 1 fully saturated rings. The molecule has 1 atom stereocenters. The van der Waals surface area contributed by atoms with Gasteiger partial charge in [-0.1, -0.05) is 6.07 Å². The van der Waals surface area contributed by atoms with Crippen molar-refractivity contribution in [2.24, 2.45) is 10.9 Å². The van der Waals surface area contributed by atoms with Gasteiger partial charge in [0.25, 0.3) is 0 Å². The van der Waals surface area contributed by atoms with Gasteiger partial charge in [-0.05, 0) is 70.3 Å². The summed E-state index contributed by atoms with van der Waals surface area (Å²) in [6, 6.07) is 6.21. The van der Waals surface area contributed by atoms with Crippen molar-refractivity contribution in [2.45, 2.75) is 39.7 Å². The molecule has 0 aromatic heterocycles. The molecule has 0 radical (unpaired) electrons. The van der Waals surface area contributed by atoms with Crippen molar-refractivity contribution < 1.29 is 14.2 Å². The Morgan fingerprint density at radius 2 is 1.87 bits per heavy atom. The molecule has 1 unspecified atom stereocenters. The van der Waals surface area contributed by atoms with Crippen LogP contribution in [-0.2, 0) is 4.74 Å². The number of hydrogen-bond acceptors (Lipinski definition) is 5. The highest BCUT2D eigenvalue weighted by molar-refractivity contribution is 5.80. The van der Waals surface area contributed by atoms with E-state index < -0.39 is 0 Å². The van der Waals surface area contributed by atoms with E-state index in [-0.39, 0.29) is 6.04 Å². The van der Waals surface area contributed by atoms with Crippen molar-refractivity contribution in [2.75, 3.05) is 60.2 Å². The van der Waals surface area contributed by atoms with E-state index in [0.717, 1.165) is 55.8 Å². The number of aliphatic imine (C=N–C) groups is 1. The summed E-state index contributed by atoms with van der Waals surface area (Å²) >= 11 is 0. The molecule has 7 heteroatoms. The average Bonchev–Trinajstić information content (AvgIpc) is 2.77. The van der Waals surface area contributed by atoms with Gasteiger partial charge in [-0.3, -0.25) is 4.99 Å². The van der Waals surface area contributed by atoms with Crippen LogP contribution in [0.5, 0.6) is 11.5 Å². The zero-order valence-corrected chi connectivity index (χ0v) is 19.4. The topological polar surface area (TPSA) is 67.4 Å². The number of hydrogen-bond donors (Lipinski definition) is 2. The van der Waals surface area contributed by atoms with Gasteiger partial charge in [-0.2, -0.15) is 0 Å². The third-order valence-corrected chi connectivity index (χ3v) is 5.52. The average molecular weight is 421 g/mol. The smallest absolute Gasteiger partial charge is 0.191 e. The Bertz CT molecular complexity index is 645. The summed E-state index contributed by atoms with van der Waals surface area (Å²) in [6.07, 6.45) is 2.42. The Hall–Kier alpha value is -1.99. The number of guanidine groups is 1. The van der Waals surface area contributed by atoms with Gasteiger partial charge in [0.2, 0.25) is 0 Å². The Morgan fingerprint density at radius 1 is 1.17 bits per heavy atom. The van der Waals surface area contributed by atoms with Crippen molar-refractivity contribution >= 4 is 5.96 Å². The van der Waals surface area contributed by atoms with E-state index in [1.165, 1.54) is 12.8 Å². The van der Waals surface area contributed by atoms with Gasteiger partial charge in [0.1, 0.15) is 0 Å². The maximum atomic E-state index is 5.76. The molecule has 0 amide bonds. The Kier molecular flexibility index (Phi) is 10.8. The fraction of sp³-hybridized carbons (Fsp3) is 0.696. The quantitative estimate of drug-likeness (QED) is 0.424. The molecular weight excluding hydrogens is 380 g/mol. The molecule has 1 aromatic rings. The van der Waals surface area contributed by atoms with Crippen LogP contribution in [0.2, 0.25) is 0 Å². The molecule has 30 heavy (non-hydrogen) atoms. The van der Waals surface area contributed by atoms with E-state index in [4.69, 9.17) is 14.2 Å². The van der Waals surface area contributed by atoms with Gasteiger partial charge in [0.05, 0.1) is 25.9 Å². The molecule has 0 aliphatic carbocycles. The number of rotatable bonds is 11. The van der Waals surface area contributed by atoms with Crippen LogP contribution in [0.4, 0.5) is 0 Å². The first kappa shape index (κ1) is 24.3. The molecule has 1 aliphatic heterocycles. The number of benzene rings is 1. The number of nitrogens with one attached hydrogen (secondary N) is 2. The third kappa shape index (κ3) is 7.69. The van der Waals surface area contributed by atoms with Crippen LogP contribution in [0.1, 0.15) is 45.2 Å². The minimum Gasteiger partial charge on any atom is -0.490 e. The highest BCUT2D eigenvalue weighted by Crippen LogP contribution is 2.30. The first-order chi connectivity index (χ1) is 14.6. The fourth-order valence-electron chi connectivity index (χ4n) is 3.70. The standard InChI is InChI=1S/C23H40N4O3/c1-6-29-21-9-8-20(16-22(21)30-7-2)18(3)26-23(24-4)25-17-19-10-12-27(13-11-19)14-15-28-5/h8-9,16,18-19H,6-7,10-15,17H2,1-5H3,(H2,24,25,26). The van der Waals surface area contributed by atoms with Gasteiger partial charge >= 0.3 is 0 Å². The largest absolute Gasteiger partial charge is 0.490 e. The molecule has 2 N–H and O–H groups in total. The van der Waals surface area contributed by atoms with E-state index in [9.17, 15) is 0 Å². The Labute approximate surface area is 182 Å². The maximum Gasteiger partial charge on any atom is 0.191 e. The van der Waals surface area contributed by atoms with Gasteiger partial charge in [0.15, 0.2) is 17.5 Å². The van der Waals surface area contributed by atoms with Crippen LogP contribution < -0.4 is 20.1 Å². The summed E-state index contributed by atoms with van der Waals surface area (Å²) in [5, 5.41) is 7.00. The fourth-order valence-corrected chi connectivity index (χ4v) is 3.70. The first-order valence-electron chi connectivity index (χ1n) is 11.2. The first-order valence-corrected chi connectivity index (χ1v) is 11.2. The zero-order chi connectivity index (χ0) is 21.8. The Morgan fingerprint density at radius 3 is 2.50 bits per heavy atom. The van der Waals surface area contributed by atoms with Crippen LogP contribution in [-0.4, -0.2) is 71.0 Å². The lowest BCUT2D eigenvalue weighted by Crippen LogP contribution is -2.43. The molecule has 0 saturated carbocycles. The molecule has 1 heterocycles. The highest BCUT2D eigenvalue weighted by Gasteiger charge is 2.19. The molecule has 1 aromatic carbocycles. The number of nitrogens with zero attached hydrogens (tertiary/aromatic N) is 2. The van der Waals surface area contributed by atoms with E-state index in [1.807, 2.05) is 27.0 Å². The van der Waals surface area contributed by atoms with Crippen LogP contribution in [0, 0.1) is 5.92 Å². The zero-order valence-electron chi connectivity index (χ0n) is 19.4. The summed E-state index contributed by atoms with van der Waals surface area (Å²) in [5.74, 6) is 3.08. The predicted molar refractivity (Wildman–Crippen MR) is 123 cm³/mol. The molecule has 7 nitrogen and oxygen atoms in total. The predicted octanol–water partition coefficient (Wildman–Crippen LogP) is 3.07. The van der Waals surface area contributed by atoms with Crippen LogP contribution in [0.3, 0.4) is 0 Å². The number of methoxy groups -OCH3 is 1. The van der Waals surface area contributed by atoms with E-state index >= 15 is 0 Å². The Balaban J connectivity index is 1.85. The lowest BCUT2D eigenvalue weighted by molar-refractivity contribution is 0.121. The summed E-state index contributed by atoms with van der Waals surface area (Å²) in [6.45, 7) is 12.4. The normalized spacial score (nSPS) is 16.9. The second kappa shape index (κ2) is 13.3. The van der Waals surface area contributed by atoms with E-state index in [2.05, 4.69) is 39.6 Å². The molecular formula is C23H40N4O3. The molecule has 1 saturated heterocycles. The monoisotopic (exact) mass is 420 g/mol. The number of piperidine rings is 1. The molecule has 0 spiro atoms. The van der Waals surface area contributed by atoms with E-state index in [1.54, 1.807) is 7.11 Å². The van der Waals surface area contributed by atoms with Crippen molar-refractivity contribution in [1.29, 1.82) is 0 Å². The lowest BCUT2D eigenvalue weighted by Gasteiger charge is -2.32. The van der Waals surface area contributed by atoms with Gasteiger partial charge in [0, 0.05) is 27.2 Å². The van der Waals surface area contributed by atoms with Crippen LogP contribution in [0.15, 0.2) is 23.2 Å². The van der Waals surface area contributed by atoms with Gasteiger partial charge in [-0.25, -0.2) is 0 Å². The summed E-state index contributed by atoms with van der Waals surface area (Å²) < 4.78 is 16.6. The molecule has 1 aliphatic rings. The van der Waals surface area contributed by atoms with E-state index in [0.29, 0.717) is 19.1 Å². The SMILES string of the molecule is CCOc1ccc(C(C)NC(=NC)NCC2CCN(CCOC)CC2)cc1OCC. The summed E-state index contributed by atoms with van der Waals surface area (Å²) in [4.78, 5) is 6.89. The van der Waals surface area contributed by atoms with Gasteiger partial charge in [-0.15, -0.1) is 0 Å². The lowest BCUT2D eigenvalue weighted by atomic mass is 9.97. The van der Waals surface area contributed by atoms with Crippen LogP contribution >= 0.6 is 0 Å². The summed E-state index contributed by atoms with van der Waals surface area (Å²) in [5.41, 5.74) is 1.14. The highest BCUT2D eigenvalue weighted by atomic mass is 16.5. The van der Waals surface area contributed by atoms with Crippen LogP contribution in [0.25, 0.3) is 0 Å².